The van der Waals surface area contributed by atoms with Gasteiger partial charge in [-0.25, -0.2) is 4.39 Å². The number of rotatable bonds is 7. The second kappa shape index (κ2) is 8.24. The Morgan fingerprint density at radius 1 is 1.17 bits per heavy atom. The summed E-state index contributed by atoms with van der Waals surface area (Å²) in [6.07, 6.45) is 1.16. The summed E-state index contributed by atoms with van der Waals surface area (Å²) < 4.78 is 19.2. The minimum Gasteiger partial charge on any atom is -0.488 e. The van der Waals surface area contributed by atoms with E-state index >= 15 is 0 Å². The largest absolute Gasteiger partial charge is 0.488 e. The Morgan fingerprint density at radius 3 is 2.58 bits per heavy atom. The predicted molar refractivity (Wildman–Crippen MR) is 90.7 cm³/mol. The third-order valence-electron chi connectivity index (χ3n) is 3.46. The van der Waals surface area contributed by atoms with Gasteiger partial charge in [0.1, 0.15) is 18.2 Å². The van der Waals surface area contributed by atoms with Gasteiger partial charge in [0, 0.05) is 17.7 Å². The molecule has 24 heavy (non-hydrogen) atoms. The normalized spacial score (nSPS) is 10.3. The molecule has 126 valence electrons. The van der Waals surface area contributed by atoms with E-state index in [1.165, 1.54) is 13.0 Å². The average Bonchev–Trinajstić information content (AvgIpc) is 2.55. The van der Waals surface area contributed by atoms with E-state index in [2.05, 4.69) is 5.32 Å². The number of hydrogen-bond donors (Lipinski definition) is 1. The van der Waals surface area contributed by atoms with Gasteiger partial charge in [-0.1, -0.05) is 25.1 Å². The van der Waals surface area contributed by atoms with Crippen LogP contribution in [-0.4, -0.2) is 11.7 Å². The monoisotopic (exact) mass is 329 g/mol. The van der Waals surface area contributed by atoms with Gasteiger partial charge in [-0.05, 0) is 37.6 Å². The zero-order chi connectivity index (χ0) is 17.5. The van der Waals surface area contributed by atoms with Gasteiger partial charge in [0.25, 0.3) is 0 Å². The number of carbonyl (C=O) groups excluding carboxylic acids is 2. The van der Waals surface area contributed by atoms with E-state index in [-0.39, 0.29) is 24.1 Å². The van der Waals surface area contributed by atoms with Gasteiger partial charge in [0.05, 0.1) is 5.56 Å². The number of nitrogens with one attached hydrogen (secondary N) is 1. The number of amides is 1. The molecule has 4 nitrogen and oxygen atoms in total. The Morgan fingerprint density at radius 2 is 1.92 bits per heavy atom. The second-order valence-electron chi connectivity index (χ2n) is 5.45. The van der Waals surface area contributed by atoms with Crippen LogP contribution in [0.25, 0.3) is 0 Å². The summed E-state index contributed by atoms with van der Waals surface area (Å²) in [5.41, 5.74) is 1.30. The van der Waals surface area contributed by atoms with Crippen LogP contribution in [0.15, 0.2) is 42.5 Å². The van der Waals surface area contributed by atoms with Gasteiger partial charge in [0.2, 0.25) is 5.91 Å². The molecule has 0 spiro atoms. The molecule has 2 rings (SSSR count). The summed E-state index contributed by atoms with van der Waals surface area (Å²) in [4.78, 5) is 23.5. The maximum Gasteiger partial charge on any atom is 0.224 e. The highest BCUT2D eigenvalue weighted by Gasteiger charge is 2.12. The van der Waals surface area contributed by atoms with Crippen molar-refractivity contribution in [2.75, 3.05) is 5.32 Å². The maximum absolute atomic E-state index is 13.6. The molecule has 1 N–H and O–H groups in total. The molecule has 0 bridgehead atoms. The molecule has 0 aliphatic carbocycles. The Hall–Kier alpha value is -2.69. The molecular weight excluding hydrogens is 309 g/mol. The third-order valence-corrected chi connectivity index (χ3v) is 3.46. The predicted octanol–water partition coefficient (Wildman–Crippen LogP) is 4.35. The van der Waals surface area contributed by atoms with Crippen LogP contribution < -0.4 is 10.1 Å². The number of anilines is 1. The molecule has 0 fully saturated rings. The highest BCUT2D eigenvalue weighted by Crippen LogP contribution is 2.25. The summed E-state index contributed by atoms with van der Waals surface area (Å²) in [6, 6.07) is 11.2. The Kier molecular flexibility index (Phi) is 6.07. The smallest absolute Gasteiger partial charge is 0.224 e. The first-order chi connectivity index (χ1) is 11.5. The SMILES string of the molecule is CCCC(=O)Nc1ccc(OCc2ccccc2F)c(C(C)=O)c1. The minimum absolute atomic E-state index is 0.0223. The first kappa shape index (κ1) is 17.7. The quantitative estimate of drug-likeness (QED) is 0.769. The van der Waals surface area contributed by atoms with E-state index in [0.717, 1.165) is 6.42 Å². The summed E-state index contributed by atoms with van der Waals surface area (Å²) in [6.45, 7) is 3.36. The van der Waals surface area contributed by atoms with Crippen LogP contribution in [0.2, 0.25) is 0 Å². The molecular formula is C19H20FNO3. The Balaban J connectivity index is 2.16. The molecule has 0 saturated carbocycles. The number of benzene rings is 2. The van der Waals surface area contributed by atoms with Crippen molar-refractivity contribution in [1.29, 1.82) is 0 Å². The third kappa shape index (κ3) is 4.65. The van der Waals surface area contributed by atoms with E-state index in [1.54, 1.807) is 36.4 Å². The van der Waals surface area contributed by atoms with Crippen molar-refractivity contribution < 1.29 is 18.7 Å². The second-order valence-corrected chi connectivity index (χ2v) is 5.45. The fraction of sp³-hybridized carbons (Fsp3) is 0.263. The van der Waals surface area contributed by atoms with Gasteiger partial charge in [0.15, 0.2) is 5.78 Å². The lowest BCUT2D eigenvalue weighted by atomic mass is 10.1. The highest BCUT2D eigenvalue weighted by atomic mass is 19.1. The molecule has 0 aliphatic heterocycles. The number of hydrogen-bond acceptors (Lipinski definition) is 3. The van der Waals surface area contributed by atoms with Crippen LogP contribution in [0.4, 0.5) is 10.1 Å². The van der Waals surface area contributed by atoms with Crippen LogP contribution in [0.3, 0.4) is 0 Å². The fourth-order valence-corrected chi connectivity index (χ4v) is 2.23. The molecule has 1 amide bonds. The summed E-state index contributed by atoms with van der Waals surface area (Å²) in [7, 11) is 0. The van der Waals surface area contributed by atoms with Crippen LogP contribution in [0.5, 0.6) is 5.75 Å². The fourth-order valence-electron chi connectivity index (χ4n) is 2.23. The number of ketones is 1. The highest BCUT2D eigenvalue weighted by molar-refractivity contribution is 5.99. The van der Waals surface area contributed by atoms with Crippen molar-refractivity contribution in [3.63, 3.8) is 0 Å². The van der Waals surface area contributed by atoms with E-state index in [9.17, 15) is 14.0 Å². The van der Waals surface area contributed by atoms with Crippen molar-refractivity contribution >= 4 is 17.4 Å². The van der Waals surface area contributed by atoms with Crippen molar-refractivity contribution in [3.8, 4) is 5.75 Å². The first-order valence-electron chi connectivity index (χ1n) is 7.82. The molecule has 2 aromatic carbocycles. The van der Waals surface area contributed by atoms with Crippen LogP contribution in [-0.2, 0) is 11.4 Å². The van der Waals surface area contributed by atoms with Crippen LogP contribution in [0, 0.1) is 5.82 Å². The average molecular weight is 329 g/mol. The van der Waals surface area contributed by atoms with Crippen molar-refractivity contribution in [1.82, 2.24) is 0 Å². The van der Waals surface area contributed by atoms with E-state index < -0.39 is 0 Å². The standard InChI is InChI=1S/C19H20FNO3/c1-3-6-19(23)21-15-9-10-18(16(11-15)13(2)22)24-12-14-7-4-5-8-17(14)20/h4-5,7-11H,3,6,12H2,1-2H3,(H,21,23). The molecule has 0 aliphatic rings. The molecule has 0 aromatic heterocycles. The molecule has 0 unspecified atom stereocenters. The van der Waals surface area contributed by atoms with Crippen molar-refractivity contribution in [2.45, 2.75) is 33.3 Å². The molecule has 2 aromatic rings. The Labute approximate surface area is 140 Å². The minimum atomic E-state index is -0.356. The van der Waals surface area contributed by atoms with Gasteiger partial charge in [-0.15, -0.1) is 0 Å². The van der Waals surface area contributed by atoms with Crippen molar-refractivity contribution in [2.24, 2.45) is 0 Å². The van der Waals surface area contributed by atoms with Gasteiger partial charge >= 0.3 is 0 Å². The Bertz CT molecular complexity index is 743. The van der Waals surface area contributed by atoms with E-state index in [0.29, 0.717) is 29.0 Å². The molecule has 5 heteroatoms. The molecule has 0 saturated heterocycles. The summed E-state index contributed by atoms with van der Waals surface area (Å²) >= 11 is 0. The number of ether oxygens (including phenoxy) is 1. The van der Waals surface area contributed by atoms with Gasteiger partial charge < -0.3 is 10.1 Å². The number of Topliss-reactive ketones (excluding diaryl/α,β-unsaturated/α-hetero) is 1. The maximum atomic E-state index is 13.6. The lowest BCUT2D eigenvalue weighted by Crippen LogP contribution is -2.11. The topological polar surface area (TPSA) is 55.4 Å². The first-order valence-corrected chi connectivity index (χ1v) is 7.82. The number of halogens is 1. The zero-order valence-corrected chi connectivity index (χ0v) is 13.8. The van der Waals surface area contributed by atoms with E-state index in [1.807, 2.05) is 6.92 Å². The summed E-state index contributed by atoms with van der Waals surface area (Å²) in [5.74, 6) is -0.290. The molecule has 0 atom stereocenters. The van der Waals surface area contributed by atoms with Gasteiger partial charge in [-0.2, -0.15) is 0 Å². The molecule has 0 radical (unpaired) electrons. The van der Waals surface area contributed by atoms with Gasteiger partial charge in [-0.3, -0.25) is 9.59 Å². The lowest BCUT2D eigenvalue weighted by molar-refractivity contribution is -0.116. The van der Waals surface area contributed by atoms with Crippen LogP contribution >= 0.6 is 0 Å². The zero-order valence-electron chi connectivity index (χ0n) is 13.8. The van der Waals surface area contributed by atoms with Crippen LogP contribution in [0.1, 0.15) is 42.6 Å². The van der Waals surface area contributed by atoms with E-state index in [4.69, 9.17) is 4.74 Å². The lowest BCUT2D eigenvalue weighted by Gasteiger charge is -2.12. The number of carbonyl (C=O) groups is 2. The summed E-state index contributed by atoms with van der Waals surface area (Å²) in [5, 5.41) is 2.74. The van der Waals surface area contributed by atoms with Crippen molar-refractivity contribution in [3.05, 3.63) is 59.4 Å². The molecule has 0 heterocycles.